The van der Waals surface area contributed by atoms with Gasteiger partial charge in [-0.25, -0.2) is 9.37 Å². The van der Waals surface area contributed by atoms with Crippen molar-refractivity contribution in [1.29, 1.82) is 0 Å². The van der Waals surface area contributed by atoms with Crippen molar-refractivity contribution >= 4 is 5.91 Å². The maximum atomic E-state index is 13.2. The summed E-state index contributed by atoms with van der Waals surface area (Å²) in [7, 11) is 0. The maximum absolute atomic E-state index is 13.2. The lowest BCUT2D eigenvalue weighted by molar-refractivity contribution is -0.205. The summed E-state index contributed by atoms with van der Waals surface area (Å²) in [6, 6.07) is 6.07. The highest BCUT2D eigenvalue weighted by Gasteiger charge is 2.39. The quantitative estimate of drug-likeness (QED) is 0.761. The van der Waals surface area contributed by atoms with Crippen molar-refractivity contribution in [3.05, 3.63) is 48.3 Å². The average molecular weight is 413 g/mol. The van der Waals surface area contributed by atoms with Crippen LogP contribution in [-0.2, 0) is 4.79 Å². The lowest BCUT2D eigenvalue weighted by Crippen LogP contribution is -2.43. The highest BCUT2D eigenvalue weighted by Crippen LogP contribution is 2.34. The van der Waals surface area contributed by atoms with Gasteiger partial charge in [0.1, 0.15) is 11.9 Å². The summed E-state index contributed by atoms with van der Waals surface area (Å²) in [6.07, 6.45) is -4.11. The van der Waals surface area contributed by atoms with Crippen molar-refractivity contribution in [2.75, 3.05) is 13.1 Å². The number of benzene rings is 1. The SMILES string of the molecule is C[C@@H]1CN(C(=O)CC[C@H](O)C(F)(F)F)CC[C@@H]1c1cncn1-c1ccc(F)cc1. The molecule has 0 radical (unpaired) electrons. The third kappa shape index (κ3) is 4.95. The predicted molar refractivity (Wildman–Crippen MR) is 97.9 cm³/mol. The van der Waals surface area contributed by atoms with Gasteiger partial charge in [0.05, 0.1) is 6.33 Å². The number of aromatic nitrogens is 2. The number of imidazole rings is 1. The van der Waals surface area contributed by atoms with E-state index in [-0.39, 0.29) is 30.0 Å². The lowest BCUT2D eigenvalue weighted by atomic mass is 9.84. The third-order valence-electron chi connectivity index (χ3n) is 5.42. The van der Waals surface area contributed by atoms with Gasteiger partial charge in [0.25, 0.3) is 0 Å². The van der Waals surface area contributed by atoms with Crippen LogP contribution in [0.1, 0.15) is 37.8 Å². The molecule has 2 heterocycles. The summed E-state index contributed by atoms with van der Waals surface area (Å²) in [5.41, 5.74) is 1.73. The van der Waals surface area contributed by atoms with Crippen LogP contribution >= 0.6 is 0 Å². The summed E-state index contributed by atoms with van der Waals surface area (Å²) in [4.78, 5) is 18.1. The van der Waals surface area contributed by atoms with Gasteiger partial charge in [0.15, 0.2) is 0 Å². The van der Waals surface area contributed by atoms with E-state index in [0.717, 1.165) is 11.4 Å². The number of nitrogens with zero attached hydrogens (tertiary/aromatic N) is 3. The van der Waals surface area contributed by atoms with Crippen LogP contribution in [0.3, 0.4) is 0 Å². The van der Waals surface area contributed by atoms with Crippen molar-refractivity contribution in [1.82, 2.24) is 14.5 Å². The van der Waals surface area contributed by atoms with E-state index < -0.39 is 18.7 Å². The van der Waals surface area contributed by atoms with Crippen LogP contribution in [0.2, 0.25) is 0 Å². The minimum atomic E-state index is -4.71. The Labute approximate surface area is 166 Å². The first-order valence-corrected chi connectivity index (χ1v) is 9.47. The standard InChI is InChI=1S/C20H23F4N3O2/c1-13-11-26(19(29)7-6-18(28)20(22,23)24)9-8-16(13)17-10-25-12-27(17)15-4-2-14(21)3-5-15/h2-5,10,12-13,16,18,28H,6-9,11H2,1H3/t13-,16+,18+/m1/s1. The molecular formula is C20H23F4N3O2. The van der Waals surface area contributed by atoms with Crippen molar-refractivity contribution in [2.24, 2.45) is 5.92 Å². The van der Waals surface area contributed by atoms with Crippen LogP contribution in [0.4, 0.5) is 17.6 Å². The number of rotatable bonds is 5. The van der Waals surface area contributed by atoms with E-state index >= 15 is 0 Å². The first-order valence-electron chi connectivity index (χ1n) is 9.47. The molecule has 0 spiro atoms. The molecule has 0 unspecified atom stereocenters. The molecule has 29 heavy (non-hydrogen) atoms. The fourth-order valence-electron chi connectivity index (χ4n) is 3.79. The third-order valence-corrected chi connectivity index (χ3v) is 5.42. The number of aliphatic hydroxyl groups excluding tert-OH is 1. The van der Waals surface area contributed by atoms with Gasteiger partial charge in [-0.1, -0.05) is 6.92 Å². The largest absolute Gasteiger partial charge is 0.414 e. The van der Waals surface area contributed by atoms with Crippen molar-refractivity contribution < 1.29 is 27.5 Å². The Balaban J connectivity index is 1.63. The second-order valence-electron chi connectivity index (χ2n) is 7.47. The molecule has 5 nitrogen and oxygen atoms in total. The number of hydrogen-bond donors (Lipinski definition) is 1. The molecule has 1 saturated heterocycles. The number of carbonyl (C=O) groups excluding carboxylic acids is 1. The number of likely N-dealkylation sites (tertiary alicyclic amines) is 1. The number of piperidine rings is 1. The monoisotopic (exact) mass is 413 g/mol. The Kier molecular flexibility index (Phi) is 6.26. The van der Waals surface area contributed by atoms with Crippen LogP contribution < -0.4 is 0 Å². The molecule has 1 aliphatic heterocycles. The zero-order valence-electron chi connectivity index (χ0n) is 15.9. The Bertz CT molecular complexity index is 835. The second-order valence-corrected chi connectivity index (χ2v) is 7.47. The van der Waals surface area contributed by atoms with Crippen LogP contribution in [0.5, 0.6) is 0 Å². The molecule has 9 heteroatoms. The molecule has 1 fully saturated rings. The molecule has 1 aromatic heterocycles. The van der Waals surface area contributed by atoms with Crippen LogP contribution in [0.25, 0.3) is 5.69 Å². The zero-order valence-corrected chi connectivity index (χ0v) is 15.9. The number of amides is 1. The topological polar surface area (TPSA) is 58.4 Å². The molecule has 1 amide bonds. The fraction of sp³-hybridized carbons (Fsp3) is 0.500. The molecule has 1 aromatic carbocycles. The first-order chi connectivity index (χ1) is 13.7. The number of alkyl halides is 3. The molecule has 158 valence electrons. The summed E-state index contributed by atoms with van der Waals surface area (Å²) in [6.45, 7) is 2.82. The highest BCUT2D eigenvalue weighted by atomic mass is 19.4. The molecule has 3 atom stereocenters. The van der Waals surface area contributed by atoms with Crippen molar-refractivity contribution in [2.45, 2.75) is 44.4 Å². The number of hydrogen-bond acceptors (Lipinski definition) is 3. The van der Waals surface area contributed by atoms with Gasteiger partial charge in [0.2, 0.25) is 5.91 Å². The van der Waals surface area contributed by atoms with Gasteiger partial charge in [-0.05, 0) is 43.0 Å². The molecule has 3 rings (SSSR count). The normalized spacial score (nSPS) is 21.2. The van der Waals surface area contributed by atoms with E-state index in [4.69, 9.17) is 5.11 Å². The van der Waals surface area contributed by atoms with Crippen molar-refractivity contribution in [3.63, 3.8) is 0 Å². The fourth-order valence-corrected chi connectivity index (χ4v) is 3.79. The van der Waals surface area contributed by atoms with Gasteiger partial charge < -0.3 is 14.6 Å². The van der Waals surface area contributed by atoms with E-state index in [0.29, 0.717) is 19.5 Å². The average Bonchev–Trinajstić information content (AvgIpc) is 3.15. The molecule has 1 N–H and O–H groups in total. The van der Waals surface area contributed by atoms with Gasteiger partial charge in [-0.15, -0.1) is 0 Å². The van der Waals surface area contributed by atoms with Crippen molar-refractivity contribution in [3.8, 4) is 5.69 Å². The minimum absolute atomic E-state index is 0.0659. The van der Waals surface area contributed by atoms with Crippen LogP contribution in [-0.4, -0.2) is 50.8 Å². The summed E-state index contributed by atoms with van der Waals surface area (Å²) >= 11 is 0. The molecule has 0 bridgehead atoms. The summed E-state index contributed by atoms with van der Waals surface area (Å²) in [5.74, 6) is -0.541. The van der Waals surface area contributed by atoms with Gasteiger partial charge >= 0.3 is 6.18 Å². The first kappa shape index (κ1) is 21.3. The second kappa shape index (κ2) is 8.52. The summed E-state index contributed by atoms with van der Waals surface area (Å²) < 4.78 is 52.3. The number of aliphatic hydroxyl groups is 1. The molecule has 0 aliphatic carbocycles. The maximum Gasteiger partial charge on any atom is 0.414 e. The van der Waals surface area contributed by atoms with Crippen LogP contribution in [0, 0.1) is 11.7 Å². The molecular weight excluding hydrogens is 390 g/mol. The number of halogens is 4. The predicted octanol–water partition coefficient (Wildman–Crippen LogP) is 3.67. The highest BCUT2D eigenvalue weighted by molar-refractivity contribution is 5.76. The Morgan fingerprint density at radius 2 is 2.00 bits per heavy atom. The Morgan fingerprint density at radius 3 is 2.62 bits per heavy atom. The Hall–Kier alpha value is -2.42. The smallest absolute Gasteiger partial charge is 0.384 e. The van der Waals surface area contributed by atoms with E-state index in [9.17, 15) is 22.4 Å². The molecule has 1 aliphatic rings. The zero-order chi connectivity index (χ0) is 21.2. The lowest BCUT2D eigenvalue weighted by Gasteiger charge is -2.37. The van der Waals surface area contributed by atoms with Crippen LogP contribution in [0.15, 0.2) is 36.8 Å². The molecule has 0 saturated carbocycles. The van der Waals surface area contributed by atoms with Gasteiger partial charge in [-0.3, -0.25) is 4.79 Å². The summed E-state index contributed by atoms with van der Waals surface area (Å²) in [5, 5.41) is 9.08. The van der Waals surface area contributed by atoms with E-state index in [1.807, 2.05) is 11.5 Å². The minimum Gasteiger partial charge on any atom is -0.384 e. The Morgan fingerprint density at radius 1 is 1.31 bits per heavy atom. The number of carbonyl (C=O) groups is 1. The van der Waals surface area contributed by atoms with E-state index in [1.54, 1.807) is 29.6 Å². The molecule has 2 aromatic rings. The van der Waals surface area contributed by atoms with E-state index in [2.05, 4.69) is 4.98 Å². The van der Waals surface area contributed by atoms with E-state index in [1.165, 1.54) is 12.1 Å². The van der Waals surface area contributed by atoms with Gasteiger partial charge in [0, 0.05) is 43.0 Å². The van der Waals surface area contributed by atoms with Gasteiger partial charge in [-0.2, -0.15) is 13.2 Å².